The summed E-state index contributed by atoms with van der Waals surface area (Å²) in [4.78, 5) is 11.3. The molecule has 0 N–H and O–H groups in total. The number of rotatable bonds is 7. The van der Waals surface area contributed by atoms with E-state index in [0.717, 1.165) is 12.5 Å². The second kappa shape index (κ2) is 9.26. The average molecular weight is 198 g/mol. The van der Waals surface area contributed by atoms with Crippen LogP contribution in [0.5, 0.6) is 0 Å². The number of hydrogen-bond acceptors (Lipinski definition) is 3. The van der Waals surface area contributed by atoms with Crippen LogP contribution in [0.25, 0.3) is 0 Å². The van der Waals surface area contributed by atoms with Gasteiger partial charge in [-0.1, -0.05) is 27.5 Å². The molecule has 3 nitrogen and oxygen atoms in total. The van der Waals surface area contributed by atoms with Crippen LogP contribution in [0, 0.1) is 0 Å². The van der Waals surface area contributed by atoms with Crippen molar-refractivity contribution in [2.45, 2.75) is 25.6 Å². The minimum absolute atomic E-state index is 0. The van der Waals surface area contributed by atoms with Crippen molar-refractivity contribution >= 4 is 8.32 Å². The van der Waals surface area contributed by atoms with Gasteiger partial charge in [-0.3, -0.25) is 0 Å². The van der Waals surface area contributed by atoms with E-state index in [1.54, 1.807) is 7.11 Å². The Morgan fingerprint density at radius 2 is 1.77 bits per heavy atom. The Labute approximate surface area is 94.1 Å². The van der Waals surface area contributed by atoms with Crippen LogP contribution in [0.3, 0.4) is 0 Å². The van der Waals surface area contributed by atoms with Gasteiger partial charge in [-0.05, 0) is 6.42 Å². The van der Waals surface area contributed by atoms with Gasteiger partial charge in [-0.2, -0.15) is 0 Å². The normalized spacial score (nSPS) is 11.1. The third-order valence-electron chi connectivity index (χ3n) is 1.50. The van der Waals surface area contributed by atoms with Gasteiger partial charge < -0.3 is 14.3 Å². The van der Waals surface area contributed by atoms with Crippen molar-refractivity contribution in [2.24, 2.45) is 0 Å². The van der Waals surface area contributed by atoms with E-state index >= 15 is 0 Å². The van der Waals surface area contributed by atoms with Crippen LogP contribution in [0.4, 0.5) is 0 Å². The van der Waals surface area contributed by atoms with Gasteiger partial charge in [0.1, 0.15) is 0 Å². The number of methoxy groups -OCH3 is 1. The molecule has 5 heteroatoms. The molecular weight excluding hydrogens is 179 g/mol. The van der Waals surface area contributed by atoms with Crippen LogP contribution in [-0.2, 0) is 9.47 Å². The Hall–Kier alpha value is 0.694. The van der Waals surface area contributed by atoms with Gasteiger partial charge in [0.15, 0.2) is 0 Å². The summed E-state index contributed by atoms with van der Waals surface area (Å²) in [5.74, 6) is 0. The fourth-order valence-electron chi connectivity index (χ4n) is 0.844. The zero-order valence-electron chi connectivity index (χ0n) is 9.26. The van der Waals surface area contributed by atoms with Crippen molar-refractivity contribution in [1.82, 2.24) is 0 Å². The first-order valence-electron chi connectivity index (χ1n) is 4.33. The van der Waals surface area contributed by atoms with E-state index in [4.69, 9.17) is 9.47 Å². The molecule has 0 amide bonds. The fraction of sp³-hybridized carbons (Fsp3) is 1.00. The molecule has 0 aliphatic carbocycles. The molecular formula is C8H19LiO3Si. The minimum Gasteiger partial charge on any atom is -0.859 e. The molecule has 0 aliphatic heterocycles. The van der Waals surface area contributed by atoms with Crippen molar-refractivity contribution in [2.75, 3.05) is 26.9 Å². The molecule has 0 saturated carbocycles. The van der Waals surface area contributed by atoms with E-state index in [1.165, 1.54) is 0 Å². The fourth-order valence-corrected chi connectivity index (χ4v) is 1.84. The van der Waals surface area contributed by atoms with Crippen molar-refractivity contribution in [3.05, 3.63) is 0 Å². The predicted octanol–water partition coefficient (Wildman–Crippen LogP) is -2.39. The van der Waals surface area contributed by atoms with Crippen molar-refractivity contribution < 1.29 is 33.1 Å². The second-order valence-electron chi connectivity index (χ2n) is 3.47. The Bertz CT molecular complexity index is 106. The molecule has 0 aliphatic rings. The van der Waals surface area contributed by atoms with Gasteiger partial charge in [-0.15, -0.1) is 0 Å². The smallest absolute Gasteiger partial charge is 0.859 e. The van der Waals surface area contributed by atoms with E-state index in [1.807, 2.05) is 13.1 Å². The zero-order valence-corrected chi connectivity index (χ0v) is 10.3. The molecule has 0 heterocycles. The molecule has 0 bridgehead atoms. The van der Waals surface area contributed by atoms with E-state index in [-0.39, 0.29) is 18.9 Å². The maximum absolute atomic E-state index is 11.3. The van der Waals surface area contributed by atoms with E-state index in [0.29, 0.717) is 19.8 Å². The Morgan fingerprint density at radius 1 is 1.15 bits per heavy atom. The Kier molecular flexibility index (Phi) is 11.5. The summed E-state index contributed by atoms with van der Waals surface area (Å²) >= 11 is 0. The monoisotopic (exact) mass is 198 g/mol. The van der Waals surface area contributed by atoms with Gasteiger partial charge in [0, 0.05) is 13.7 Å². The SMILES string of the molecule is COCCOCCC[Si](C)(C)[O-].[Li+]. The summed E-state index contributed by atoms with van der Waals surface area (Å²) in [7, 11) is -0.437. The first-order valence-corrected chi connectivity index (χ1v) is 7.45. The number of hydrogen-bond donors (Lipinski definition) is 0. The van der Waals surface area contributed by atoms with Gasteiger partial charge in [0.25, 0.3) is 0 Å². The average Bonchev–Trinajstić information content (AvgIpc) is 1.94. The molecule has 0 radical (unpaired) electrons. The molecule has 0 saturated heterocycles. The molecule has 0 fully saturated rings. The zero-order chi connectivity index (χ0) is 9.45. The topological polar surface area (TPSA) is 41.5 Å². The summed E-state index contributed by atoms with van der Waals surface area (Å²) in [6.07, 6.45) is 0.895. The van der Waals surface area contributed by atoms with Crippen LogP contribution in [-0.4, -0.2) is 35.2 Å². The quantitative estimate of drug-likeness (QED) is 0.338. The van der Waals surface area contributed by atoms with Crippen LogP contribution in [0.15, 0.2) is 0 Å². The van der Waals surface area contributed by atoms with E-state index in [9.17, 15) is 4.80 Å². The minimum atomic E-state index is -2.09. The van der Waals surface area contributed by atoms with E-state index in [2.05, 4.69) is 0 Å². The first-order chi connectivity index (χ1) is 5.56. The van der Waals surface area contributed by atoms with E-state index < -0.39 is 8.32 Å². The molecule has 0 unspecified atom stereocenters. The molecule has 0 aromatic heterocycles. The summed E-state index contributed by atoms with van der Waals surface area (Å²) in [6.45, 7) is 5.64. The summed E-state index contributed by atoms with van der Waals surface area (Å²) in [5.41, 5.74) is 0. The Morgan fingerprint density at radius 3 is 2.23 bits per heavy atom. The van der Waals surface area contributed by atoms with Crippen LogP contribution in [0.2, 0.25) is 19.1 Å². The number of ether oxygens (including phenoxy) is 2. The molecule has 0 rings (SSSR count). The standard InChI is InChI=1S/C8H19O3Si.Li/c1-10-6-7-11-5-4-8-12(2,3)9;/h4-8H2,1-3H3;/q-1;+1. The van der Waals surface area contributed by atoms with Crippen molar-refractivity contribution in [3.8, 4) is 0 Å². The summed E-state index contributed by atoms with van der Waals surface area (Å²) < 4.78 is 10.0. The molecule has 0 atom stereocenters. The molecule has 0 aromatic carbocycles. The third-order valence-corrected chi connectivity index (χ3v) is 3.06. The third kappa shape index (κ3) is 15.4. The van der Waals surface area contributed by atoms with Crippen molar-refractivity contribution in [3.63, 3.8) is 0 Å². The molecule has 0 aromatic rings. The molecule has 13 heavy (non-hydrogen) atoms. The Balaban J connectivity index is 0. The predicted molar refractivity (Wildman–Crippen MR) is 49.6 cm³/mol. The molecule has 74 valence electrons. The van der Waals surface area contributed by atoms with Gasteiger partial charge in [0.05, 0.1) is 13.2 Å². The maximum Gasteiger partial charge on any atom is 1.00 e. The van der Waals surface area contributed by atoms with Crippen LogP contribution >= 0.6 is 0 Å². The summed E-state index contributed by atoms with van der Waals surface area (Å²) in [6, 6.07) is 0.806. The molecule has 0 spiro atoms. The second-order valence-corrected chi connectivity index (χ2v) is 7.49. The van der Waals surface area contributed by atoms with Crippen molar-refractivity contribution in [1.29, 1.82) is 0 Å². The van der Waals surface area contributed by atoms with Gasteiger partial charge in [-0.25, -0.2) is 0 Å². The van der Waals surface area contributed by atoms with Crippen LogP contribution < -0.4 is 23.7 Å². The van der Waals surface area contributed by atoms with Crippen LogP contribution in [0.1, 0.15) is 6.42 Å². The largest absolute Gasteiger partial charge is 1.00 e. The first kappa shape index (κ1) is 16.1. The summed E-state index contributed by atoms with van der Waals surface area (Å²) in [5, 5.41) is 0. The van der Waals surface area contributed by atoms with Gasteiger partial charge >= 0.3 is 18.9 Å². The van der Waals surface area contributed by atoms with Gasteiger partial charge in [0.2, 0.25) is 0 Å². The maximum atomic E-state index is 11.3.